The first-order valence-electron chi connectivity index (χ1n) is 6.33. The molecule has 5 nitrogen and oxygen atoms in total. The summed E-state index contributed by atoms with van der Waals surface area (Å²) in [7, 11) is -2.42. The summed E-state index contributed by atoms with van der Waals surface area (Å²) < 4.78 is 64.3. The van der Waals surface area contributed by atoms with Gasteiger partial charge in [0.2, 0.25) is 10.0 Å². The number of halogens is 3. The number of nitrogens with two attached hydrogens (primary N) is 1. The Hall–Kier alpha value is -1.48. The lowest BCUT2D eigenvalue weighted by atomic mass is 10.2. The van der Waals surface area contributed by atoms with Gasteiger partial charge < -0.3 is 10.6 Å². The van der Waals surface area contributed by atoms with E-state index in [1.165, 1.54) is 30.1 Å². The molecule has 1 aromatic rings. The number of anilines is 2. The maximum atomic E-state index is 13.0. The zero-order valence-electron chi connectivity index (χ0n) is 11.3. The van der Waals surface area contributed by atoms with E-state index in [1.54, 1.807) is 0 Å². The number of alkyl halides is 3. The fourth-order valence-corrected chi connectivity index (χ4v) is 3.24. The maximum absolute atomic E-state index is 13.0. The van der Waals surface area contributed by atoms with Crippen LogP contribution >= 0.6 is 0 Å². The van der Waals surface area contributed by atoms with Crippen molar-refractivity contribution in [2.75, 3.05) is 24.2 Å². The first-order chi connectivity index (χ1) is 9.66. The molecule has 9 heteroatoms. The van der Waals surface area contributed by atoms with Gasteiger partial charge in [-0.2, -0.15) is 13.2 Å². The van der Waals surface area contributed by atoms with E-state index in [0.29, 0.717) is 6.42 Å². The zero-order chi connectivity index (χ0) is 15.8. The van der Waals surface area contributed by atoms with Crippen molar-refractivity contribution in [3.63, 3.8) is 0 Å². The van der Waals surface area contributed by atoms with Crippen molar-refractivity contribution in [2.45, 2.75) is 30.0 Å². The van der Waals surface area contributed by atoms with Gasteiger partial charge in [0, 0.05) is 6.54 Å². The fraction of sp³-hybridized carbons (Fsp3) is 0.500. The van der Waals surface area contributed by atoms with Crippen LogP contribution in [0.25, 0.3) is 0 Å². The Labute approximate surface area is 121 Å². The topological polar surface area (TPSA) is 75.4 Å². The zero-order valence-corrected chi connectivity index (χ0v) is 12.1. The molecule has 0 bridgehead atoms. The predicted molar refractivity (Wildman–Crippen MR) is 73.5 cm³/mol. The molecule has 21 heavy (non-hydrogen) atoms. The van der Waals surface area contributed by atoms with Crippen LogP contribution in [0.2, 0.25) is 0 Å². The van der Waals surface area contributed by atoms with Crippen molar-refractivity contribution >= 4 is 21.4 Å². The summed E-state index contributed by atoms with van der Waals surface area (Å²) in [6.07, 6.45) is -3.90. The summed E-state index contributed by atoms with van der Waals surface area (Å²) in [5, 5.41) is 0. The summed E-state index contributed by atoms with van der Waals surface area (Å²) in [4.78, 5) is 1.11. The molecule has 2 rings (SSSR count). The highest BCUT2D eigenvalue weighted by atomic mass is 32.2. The van der Waals surface area contributed by atoms with Crippen LogP contribution in [0.3, 0.4) is 0 Å². The normalized spacial score (nSPS) is 20.0. The molecule has 3 N–H and O–H groups in total. The Kier molecular flexibility index (Phi) is 4.07. The standard InChI is InChI=1S/C12H16F3N3O2S/c1-17-21(19,20)8-4-5-10(9(16)7-8)18-6-2-3-11(18)12(13,14)15/h4-5,7,11,17H,2-3,6,16H2,1H3. The molecule has 0 aliphatic carbocycles. The van der Waals surface area contributed by atoms with E-state index in [-0.39, 0.29) is 29.2 Å². The minimum absolute atomic E-state index is 0.0134. The summed E-state index contributed by atoms with van der Waals surface area (Å²) in [5.41, 5.74) is 5.99. The largest absolute Gasteiger partial charge is 0.408 e. The average Bonchev–Trinajstić information content (AvgIpc) is 2.87. The van der Waals surface area contributed by atoms with Crippen molar-refractivity contribution < 1.29 is 21.6 Å². The van der Waals surface area contributed by atoms with Crippen molar-refractivity contribution in [3.8, 4) is 0 Å². The molecular formula is C12H16F3N3O2S. The minimum Gasteiger partial charge on any atom is -0.397 e. The van der Waals surface area contributed by atoms with Crippen molar-refractivity contribution in [3.05, 3.63) is 18.2 Å². The highest BCUT2D eigenvalue weighted by Crippen LogP contribution is 2.38. The Morgan fingerprint density at radius 1 is 1.38 bits per heavy atom. The Morgan fingerprint density at radius 3 is 2.57 bits per heavy atom. The predicted octanol–water partition coefficient (Wildman–Crippen LogP) is 1.71. The smallest absolute Gasteiger partial charge is 0.397 e. The molecule has 1 unspecified atom stereocenters. The number of nitrogen functional groups attached to an aromatic ring is 1. The van der Waals surface area contributed by atoms with Gasteiger partial charge >= 0.3 is 6.18 Å². The molecular weight excluding hydrogens is 307 g/mol. The number of sulfonamides is 1. The number of hydrogen-bond acceptors (Lipinski definition) is 4. The van der Waals surface area contributed by atoms with E-state index in [4.69, 9.17) is 5.73 Å². The van der Waals surface area contributed by atoms with E-state index in [9.17, 15) is 21.6 Å². The summed E-state index contributed by atoms with van der Waals surface area (Å²) in [6.45, 7) is 0.243. The second-order valence-corrected chi connectivity index (χ2v) is 6.71. The molecule has 1 aromatic carbocycles. The summed E-state index contributed by atoms with van der Waals surface area (Å²) >= 11 is 0. The summed E-state index contributed by atoms with van der Waals surface area (Å²) in [6, 6.07) is 2.17. The molecule has 1 heterocycles. The van der Waals surface area contributed by atoms with Gasteiger partial charge in [0.05, 0.1) is 16.3 Å². The van der Waals surface area contributed by atoms with Crippen LogP contribution in [0.4, 0.5) is 24.5 Å². The lowest BCUT2D eigenvalue weighted by molar-refractivity contribution is -0.145. The minimum atomic E-state index is -4.33. The molecule has 1 fully saturated rings. The first-order valence-corrected chi connectivity index (χ1v) is 7.81. The van der Waals surface area contributed by atoms with E-state index in [2.05, 4.69) is 4.72 Å². The van der Waals surface area contributed by atoms with E-state index < -0.39 is 22.2 Å². The molecule has 0 saturated carbocycles. The molecule has 0 spiro atoms. The van der Waals surface area contributed by atoms with E-state index >= 15 is 0 Å². The van der Waals surface area contributed by atoms with Crippen LogP contribution in [-0.4, -0.2) is 34.2 Å². The molecule has 1 aliphatic rings. The highest BCUT2D eigenvalue weighted by Gasteiger charge is 2.46. The molecule has 0 aromatic heterocycles. The lowest BCUT2D eigenvalue weighted by Gasteiger charge is -2.29. The number of rotatable bonds is 3. The van der Waals surface area contributed by atoms with Crippen molar-refractivity contribution in [2.24, 2.45) is 0 Å². The van der Waals surface area contributed by atoms with Gasteiger partial charge in [-0.15, -0.1) is 0 Å². The van der Waals surface area contributed by atoms with Crippen molar-refractivity contribution in [1.82, 2.24) is 4.72 Å². The molecule has 1 saturated heterocycles. The molecule has 1 atom stereocenters. The third kappa shape index (κ3) is 3.08. The van der Waals surface area contributed by atoms with Crippen LogP contribution < -0.4 is 15.4 Å². The Morgan fingerprint density at radius 2 is 2.05 bits per heavy atom. The Balaban J connectivity index is 2.38. The van der Waals surface area contributed by atoms with Crippen LogP contribution in [-0.2, 0) is 10.0 Å². The monoisotopic (exact) mass is 323 g/mol. The second kappa shape index (κ2) is 5.38. The molecule has 118 valence electrons. The Bertz CT molecular complexity index is 631. The van der Waals surface area contributed by atoms with Crippen molar-refractivity contribution in [1.29, 1.82) is 0 Å². The van der Waals surface area contributed by atoms with Crippen LogP contribution in [0.15, 0.2) is 23.1 Å². The van der Waals surface area contributed by atoms with Gasteiger partial charge in [-0.25, -0.2) is 13.1 Å². The van der Waals surface area contributed by atoms with Gasteiger partial charge in [0.15, 0.2) is 0 Å². The third-order valence-electron chi connectivity index (χ3n) is 3.52. The fourth-order valence-electron chi connectivity index (χ4n) is 2.47. The van der Waals surface area contributed by atoms with Crippen LogP contribution in [0.5, 0.6) is 0 Å². The first kappa shape index (κ1) is 15.9. The van der Waals surface area contributed by atoms with E-state index in [1.807, 2.05) is 0 Å². The molecule has 0 amide bonds. The quantitative estimate of drug-likeness (QED) is 0.831. The average molecular weight is 323 g/mol. The number of nitrogens with one attached hydrogen (secondary N) is 1. The van der Waals surface area contributed by atoms with Gasteiger partial charge in [-0.05, 0) is 38.1 Å². The highest BCUT2D eigenvalue weighted by molar-refractivity contribution is 7.89. The molecule has 0 radical (unpaired) electrons. The SMILES string of the molecule is CNS(=O)(=O)c1ccc(N2CCCC2C(F)(F)F)c(N)c1. The van der Waals surface area contributed by atoms with E-state index in [0.717, 1.165) is 0 Å². The van der Waals surface area contributed by atoms with Gasteiger partial charge in [0.25, 0.3) is 0 Å². The third-order valence-corrected chi connectivity index (χ3v) is 4.93. The van der Waals surface area contributed by atoms with Gasteiger partial charge in [-0.3, -0.25) is 0 Å². The van der Waals surface area contributed by atoms with Crippen LogP contribution in [0.1, 0.15) is 12.8 Å². The number of hydrogen-bond donors (Lipinski definition) is 2. The lowest BCUT2D eigenvalue weighted by Crippen LogP contribution is -2.41. The number of benzene rings is 1. The second-order valence-electron chi connectivity index (χ2n) is 4.82. The van der Waals surface area contributed by atoms with Gasteiger partial charge in [0.1, 0.15) is 6.04 Å². The van der Waals surface area contributed by atoms with Crippen LogP contribution in [0, 0.1) is 0 Å². The molecule has 1 aliphatic heterocycles. The maximum Gasteiger partial charge on any atom is 0.408 e. The number of nitrogens with zero attached hydrogens (tertiary/aromatic N) is 1. The summed E-state index contributed by atoms with van der Waals surface area (Å²) in [5.74, 6) is 0. The van der Waals surface area contributed by atoms with Gasteiger partial charge in [-0.1, -0.05) is 0 Å².